The first-order chi connectivity index (χ1) is 7.15. The molecule has 4 nitrogen and oxygen atoms in total. The molecule has 5 heteroatoms. The van der Waals surface area contributed by atoms with E-state index in [0.29, 0.717) is 5.69 Å². The van der Waals surface area contributed by atoms with Crippen LogP contribution in [0.15, 0.2) is 5.38 Å². The van der Waals surface area contributed by atoms with Gasteiger partial charge in [0, 0.05) is 11.9 Å². The third kappa shape index (κ3) is 2.92. The van der Waals surface area contributed by atoms with E-state index in [9.17, 15) is 4.79 Å². The van der Waals surface area contributed by atoms with E-state index in [-0.39, 0.29) is 6.42 Å². The Balaban J connectivity index is 1.81. The fraction of sp³-hybridized carbons (Fsp3) is 0.600. The van der Waals surface area contributed by atoms with Gasteiger partial charge in [0.05, 0.1) is 12.1 Å². The van der Waals surface area contributed by atoms with E-state index < -0.39 is 5.97 Å². The molecule has 0 spiro atoms. The van der Waals surface area contributed by atoms with Crippen LogP contribution in [0.1, 0.15) is 19.0 Å². The summed E-state index contributed by atoms with van der Waals surface area (Å²) < 4.78 is 0. The number of carboxylic acids is 1. The Kier molecular flexibility index (Phi) is 2.90. The van der Waals surface area contributed by atoms with Gasteiger partial charge in [0.2, 0.25) is 0 Å². The fourth-order valence-electron chi connectivity index (χ4n) is 1.53. The van der Waals surface area contributed by atoms with Gasteiger partial charge in [-0.25, -0.2) is 4.98 Å². The number of hydrogen-bond acceptors (Lipinski definition) is 4. The van der Waals surface area contributed by atoms with Gasteiger partial charge in [0.1, 0.15) is 0 Å². The van der Waals surface area contributed by atoms with Crippen LogP contribution >= 0.6 is 11.3 Å². The zero-order valence-corrected chi connectivity index (χ0v) is 9.38. The molecule has 1 saturated carbocycles. The number of rotatable bonds is 5. The number of hydrogen-bond donors (Lipinski definition) is 2. The molecule has 1 aromatic rings. The van der Waals surface area contributed by atoms with E-state index in [1.165, 1.54) is 17.8 Å². The average Bonchev–Trinajstić information content (AvgIpc) is 2.68. The molecule has 0 radical (unpaired) electrons. The van der Waals surface area contributed by atoms with Gasteiger partial charge in [-0.3, -0.25) is 4.79 Å². The Morgan fingerprint density at radius 3 is 3.13 bits per heavy atom. The molecule has 1 heterocycles. The predicted molar refractivity (Wildman–Crippen MR) is 59.2 cm³/mol. The van der Waals surface area contributed by atoms with Crippen LogP contribution < -0.4 is 5.32 Å². The molecular formula is C10H14N2O2S. The lowest BCUT2D eigenvalue weighted by molar-refractivity contribution is -0.136. The van der Waals surface area contributed by atoms with Crippen LogP contribution in [0.4, 0.5) is 5.13 Å². The first-order valence-corrected chi connectivity index (χ1v) is 5.93. The van der Waals surface area contributed by atoms with Gasteiger partial charge in [0.25, 0.3) is 0 Å². The van der Waals surface area contributed by atoms with Crippen molar-refractivity contribution in [3.8, 4) is 0 Å². The van der Waals surface area contributed by atoms with Gasteiger partial charge in [0.15, 0.2) is 5.13 Å². The average molecular weight is 226 g/mol. The number of carbonyl (C=O) groups is 1. The van der Waals surface area contributed by atoms with Crippen LogP contribution in [0.25, 0.3) is 0 Å². The third-order valence-electron chi connectivity index (χ3n) is 2.68. The van der Waals surface area contributed by atoms with Gasteiger partial charge in [-0.2, -0.15) is 0 Å². The van der Waals surface area contributed by atoms with Crippen molar-refractivity contribution in [2.75, 3.05) is 11.9 Å². The molecule has 15 heavy (non-hydrogen) atoms. The molecule has 2 rings (SSSR count). The highest BCUT2D eigenvalue weighted by molar-refractivity contribution is 7.13. The maximum absolute atomic E-state index is 10.4. The molecule has 1 aromatic heterocycles. The van der Waals surface area contributed by atoms with E-state index in [2.05, 4.69) is 17.2 Å². The number of thiazole rings is 1. The first-order valence-electron chi connectivity index (χ1n) is 5.05. The summed E-state index contributed by atoms with van der Waals surface area (Å²) in [5.74, 6) is 0.774. The Hall–Kier alpha value is -1.10. The van der Waals surface area contributed by atoms with Crippen molar-refractivity contribution in [3.05, 3.63) is 11.1 Å². The number of anilines is 1. The summed E-state index contributed by atoms with van der Waals surface area (Å²) in [6.07, 6.45) is 1.30. The smallest absolute Gasteiger partial charge is 0.309 e. The standard InChI is InChI=1S/C10H14N2O2S/c1-6-2-7(6)4-11-10-12-8(5-15-10)3-9(13)14/h5-7H,2-4H2,1H3,(H,11,12)(H,13,14). The van der Waals surface area contributed by atoms with E-state index in [4.69, 9.17) is 5.11 Å². The Morgan fingerprint density at radius 2 is 2.53 bits per heavy atom. The summed E-state index contributed by atoms with van der Waals surface area (Å²) >= 11 is 1.48. The monoisotopic (exact) mass is 226 g/mol. The molecule has 1 aliphatic carbocycles. The number of aliphatic carboxylic acids is 1. The molecule has 2 N–H and O–H groups in total. The van der Waals surface area contributed by atoms with E-state index >= 15 is 0 Å². The van der Waals surface area contributed by atoms with Crippen LogP contribution in [-0.2, 0) is 11.2 Å². The summed E-state index contributed by atoms with van der Waals surface area (Å²) in [6, 6.07) is 0. The molecule has 2 unspecified atom stereocenters. The van der Waals surface area contributed by atoms with Gasteiger partial charge in [-0.15, -0.1) is 11.3 Å². The van der Waals surface area contributed by atoms with Gasteiger partial charge in [-0.05, 0) is 18.3 Å². The highest BCUT2D eigenvalue weighted by Crippen LogP contribution is 2.37. The predicted octanol–water partition coefficient (Wildman–Crippen LogP) is 1.84. The van der Waals surface area contributed by atoms with E-state index in [0.717, 1.165) is 23.5 Å². The Bertz CT molecular complexity index is 364. The number of carboxylic acid groups (broad SMARTS) is 1. The minimum absolute atomic E-state index is 0.0119. The van der Waals surface area contributed by atoms with E-state index in [1.807, 2.05) is 0 Å². The molecule has 0 amide bonds. The number of aromatic nitrogens is 1. The van der Waals surface area contributed by atoms with Gasteiger partial charge >= 0.3 is 5.97 Å². The topological polar surface area (TPSA) is 62.2 Å². The van der Waals surface area contributed by atoms with Crippen molar-refractivity contribution >= 4 is 22.4 Å². The summed E-state index contributed by atoms with van der Waals surface area (Å²) in [6.45, 7) is 3.20. The minimum atomic E-state index is -0.831. The van der Waals surface area contributed by atoms with Crippen LogP contribution in [0, 0.1) is 11.8 Å². The van der Waals surface area contributed by atoms with Crippen molar-refractivity contribution in [3.63, 3.8) is 0 Å². The molecule has 0 saturated heterocycles. The lowest BCUT2D eigenvalue weighted by Gasteiger charge is -1.99. The van der Waals surface area contributed by atoms with Crippen molar-refractivity contribution in [1.82, 2.24) is 4.98 Å². The van der Waals surface area contributed by atoms with E-state index in [1.54, 1.807) is 5.38 Å². The minimum Gasteiger partial charge on any atom is -0.481 e. The normalized spacial score (nSPS) is 23.8. The van der Waals surface area contributed by atoms with Crippen LogP contribution in [0.5, 0.6) is 0 Å². The molecule has 1 aliphatic rings. The zero-order valence-electron chi connectivity index (χ0n) is 8.56. The second kappa shape index (κ2) is 4.18. The molecule has 0 aliphatic heterocycles. The maximum atomic E-state index is 10.4. The quantitative estimate of drug-likeness (QED) is 0.804. The summed E-state index contributed by atoms with van der Waals surface area (Å²) in [4.78, 5) is 14.6. The van der Waals surface area contributed by atoms with Crippen molar-refractivity contribution in [1.29, 1.82) is 0 Å². The van der Waals surface area contributed by atoms with Crippen LogP contribution in [0.3, 0.4) is 0 Å². The molecule has 0 bridgehead atoms. The lowest BCUT2D eigenvalue weighted by atomic mass is 10.3. The van der Waals surface area contributed by atoms with Crippen molar-refractivity contribution < 1.29 is 9.90 Å². The molecule has 2 atom stereocenters. The van der Waals surface area contributed by atoms with Gasteiger partial charge in [-0.1, -0.05) is 6.92 Å². The lowest BCUT2D eigenvalue weighted by Crippen LogP contribution is -2.05. The summed E-state index contributed by atoms with van der Waals surface area (Å²) in [5, 5.41) is 14.5. The summed E-state index contributed by atoms with van der Waals surface area (Å²) in [5.41, 5.74) is 0.638. The largest absolute Gasteiger partial charge is 0.481 e. The number of nitrogens with one attached hydrogen (secondary N) is 1. The van der Waals surface area contributed by atoms with Crippen molar-refractivity contribution in [2.45, 2.75) is 19.8 Å². The third-order valence-corrected chi connectivity index (χ3v) is 3.52. The molecule has 82 valence electrons. The first kappa shape index (κ1) is 10.4. The highest BCUT2D eigenvalue weighted by Gasteiger charge is 2.32. The zero-order chi connectivity index (χ0) is 10.8. The Morgan fingerprint density at radius 1 is 1.80 bits per heavy atom. The molecular weight excluding hydrogens is 212 g/mol. The number of nitrogens with zero attached hydrogens (tertiary/aromatic N) is 1. The fourth-order valence-corrected chi connectivity index (χ4v) is 2.25. The van der Waals surface area contributed by atoms with Crippen molar-refractivity contribution in [2.24, 2.45) is 11.8 Å². The summed E-state index contributed by atoms with van der Waals surface area (Å²) in [7, 11) is 0. The van der Waals surface area contributed by atoms with Gasteiger partial charge < -0.3 is 10.4 Å². The van der Waals surface area contributed by atoms with Crippen LogP contribution in [0.2, 0.25) is 0 Å². The molecule has 1 fully saturated rings. The second-order valence-electron chi connectivity index (χ2n) is 4.07. The van der Waals surface area contributed by atoms with Crippen LogP contribution in [-0.4, -0.2) is 22.6 Å². The maximum Gasteiger partial charge on any atom is 0.309 e. The Labute approximate surface area is 92.3 Å². The molecule has 0 aromatic carbocycles. The highest BCUT2D eigenvalue weighted by atomic mass is 32.1. The SMILES string of the molecule is CC1CC1CNc1nc(CC(=O)O)cs1. The second-order valence-corrected chi connectivity index (χ2v) is 4.93.